The maximum atomic E-state index is 2.40. The molecule has 0 unspecified atom stereocenters. The number of rotatable bonds is 2. The van der Waals surface area contributed by atoms with Gasteiger partial charge >= 0.3 is 0 Å². The highest BCUT2D eigenvalue weighted by molar-refractivity contribution is 14.1. The largest absolute Gasteiger partial charge is 0.132 e. The van der Waals surface area contributed by atoms with Gasteiger partial charge in [0, 0.05) is 20.5 Å². The van der Waals surface area contributed by atoms with Gasteiger partial charge in [-0.1, -0.05) is 24.3 Å². The van der Waals surface area contributed by atoms with Gasteiger partial charge in [-0.2, -0.15) is 0 Å². The predicted molar refractivity (Wildman–Crippen MR) is 114 cm³/mol. The predicted octanol–water partition coefficient (Wildman–Crippen LogP) is 7.57. The average Bonchev–Trinajstić information content (AvgIpc) is 3.17. The van der Waals surface area contributed by atoms with Crippen LogP contribution in [0.3, 0.4) is 0 Å². The Bertz CT molecular complexity index is 856. The van der Waals surface area contributed by atoms with Crippen LogP contribution in [0.5, 0.6) is 0 Å². The molecule has 5 heteroatoms. The maximum Gasteiger partial charge on any atom is 0.0660 e. The van der Waals surface area contributed by atoms with Crippen LogP contribution in [0.25, 0.3) is 30.3 Å². The Morgan fingerprint density at radius 1 is 0.571 bits per heavy atom. The SMILES string of the molecule is Ic1ccc(-c2sc(-c3ccc(I)s3)c3ccccc23)s1. The lowest BCUT2D eigenvalue weighted by atomic mass is 10.1. The molecule has 0 spiro atoms. The quantitative estimate of drug-likeness (QED) is 0.226. The molecule has 0 aliphatic rings. The minimum Gasteiger partial charge on any atom is -0.132 e. The van der Waals surface area contributed by atoms with Gasteiger partial charge in [-0.15, -0.1) is 34.0 Å². The lowest BCUT2D eigenvalue weighted by molar-refractivity contribution is 1.83. The second kappa shape index (κ2) is 5.92. The molecular formula is C16H8I2S3. The molecule has 0 aliphatic heterocycles. The van der Waals surface area contributed by atoms with E-state index < -0.39 is 0 Å². The molecule has 0 bridgehead atoms. The topological polar surface area (TPSA) is 0 Å². The zero-order valence-corrected chi connectivity index (χ0v) is 17.4. The molecule has 104 valence electrons. The number of hydrogen-bond acceptors (Lipinski definition) is 3. The molecule has 0 amide bonds. The Morgan fingerprint density at radius 3 is 1.43 bits per heavy atom. The molecule has 3 heterocycles. The minimum absolute atomic E-state index is 1.34. The van der Waals surface area contributed by atoms with Gasteiger partial charge in [0.25, 0.3) is 0 Å². The normalized spacial score (nSPS) is 11.3. The molecular weight excluding hydrogens is 542 g/mol. The van der Waals surface area contributed by atoms with Gasteiger partial charge in [0.1, 0.15) is 0 Å². The van der Waals surface area contributed by atoms with Crippen molar-refractivity contribution in [1.29, 1.82) is 0 Å². The van der Waals surface area contributed by atoms with Crippen molar-refractivity contribution >= 4 is 90.0 Å². The molecule has 3 aromatic heterocycles. The van der Waals surface area contributed by atoms with E-state index in [2.05, 4.69) is 93.7 Å². The first-order valence-corrected chi connectivity index (χ1v) is 10.9. The summed E-state index contributed by atoms with van der Waals surface area (Å²) in [6, 6.07) is 17.6. The summed E-state index contributed by atoms with van der Waals surface area (Å²) in [6.45, 7) is 0. The van der Waals surface area contributed by atoms with Gasteiger partial charge in [0.05, 0.1) is 15.5 Å². The van der Waals surface area contributed by atoms with Crippen LogP contribution in [-0.2, 0) is 0 Å². The Labute approximate surface area is 162 Å². The van der Waals surface area contributed by atoms with E-state index in [0.717, 1.165) is 0 Å². The highest BCUT2D eigenvalue weighted by Crippen LogP contribution is 2.47. The summed E-state index contributed by atoms with van der Waals surface area (Å²) in [5.74, 6) is 0. The Hall–Kier alpha value is 0.0400. The van der Waals surface area contributed by atoms with E-state index in [1.54, 1.807) is 0 Å². The van der Waals surface area contributed by atoms with Crippen LogP contribution in [0.15, 0.2) is 48.5 Å². The molecule has 4 aromatic rings. The summed E-state index contributed by atoms with van der Waals surface area (Å²) in [7, 11) is 0. The molecule has 0 saturated carbocycles. The first-order chi connectivity index (χ1) is 10.2. The second-order valence-electron chi connectivity index (χ2n) is 4.51. The van der Waals surface area contributed by atoms with Gasteiger partial charge < -0.3 is 0 Å². The van der Waals surface area contributed by atoms with E-state index in [1.807, 2.05) is 34.0 Å². The van der Waals surface area contributed by atoms with Gasteiger partial charge in [0.2, 0.25) is 0 Å². The fourth-order valence-corrected chi connectivity index (χ4v) is 7.10. The molecule has 0 radical (unpaired) electrons. The van der Waals surface area contributed by atoms with Gasteiger partial charge in [-0.05, 0) is 69.4 Å². The van der Waals surface area contributed by atoms with E-state index in [-0.39, 0.29) is 0 Å². The fraction of sp³-hybridized carbons (Fsp3) is 0. The zero-order valence-electron chi connectivity index (χ0n) is 10.6. The Balaban J connectivity index is 2.01. The smallest absolute Gasteiger partial charge is 0.0660 e. The molecule has 0 aliphatic carbocycles. The lowest BCUT2D eigenvalue weighted by Gasteiger charge is -1.94. The van der Waals surface area contributed by atoms with E-state index in [0.29, 0.717) is 0 Å². The van der Waals surface area contributed by atoms with Crippen LogP contribution in [0, 0.1) is 5.77 Å². The second-order valence-corrected chi connectivity index (χ2v) is 11.5. The lowest BCUT2D eigenvalue weighted by Crippen LogP contribution is -1.68. The standard InChI is InChI=1S/C16H8I2S3/c17-13-7-5-11(19-13)15-9-3-1-2-4-10(9)16(21-15)12-6-8-14(18)20-12/h1-8H. The van der Waals surface area contributed by atoms with Gasteiger partial charge in [-0.25, -0.2) is 0 Å². The first kappa shape index (κ1) is 14.6. The van der Waals surface area contributed by atoms with Crippen molar-refractivity contribution < 1.29 is 0 Å². The molecule has 0 fully saturated rings. The van der Waals surface area contributed by atoms with Crippen LogP contribution in [0.2, 0.25) is 0 Å². The number of benzene rings is 1. The van der Waals surface area contributed by atoms with E-state index in [1.165, 1.54) is 36.0 Å². The van der Waals surface area contributed by atoms with Crippen LogP contribution in [0.1, 0.15) is 0 Å². The summed E-state index contributed by atoms with van der Waals surface area (Å²) in [4.78, 5) is 5.55. The highest BCUT2D eigenvalue weighted by atomic mass is 127. The summed E-state index contributed by atoms with van der Waals surface area (Å²) in [5.41, 5.74) is 0. The van der Waals surface area contributed by atoms with Crippen LogP contribution in [-0.4, -0.2) is 0 Å². The monoisotopic (exact) mass is 550 g/mol. The van der Waals surface area contributed by atoms with Crippen LogP contribution >= 0.6 is 79.2 Å². The Kier molecular flexibility index (Phi) is 4.12. The molecule has 0 saturated heterocycles. The highest BCUT2D eigenvalue weighted by Gasteiger charge is 2.16. The van der Waals surface area contributed by atoms with Crippen molar-refractivity contribution in [3.63, 3.8) is 0 Å². The van der Waals surface area contributed by atoms with Crippen molar-refractivity contribution in [2.24, 2.45) is 0 Å². The van der Waals surface area contributed by atoms with Crippen LogP contribution in [0.4, 0.5) is 0 Å². The molecule has 0 N–H and O–H groups in total. The van der Waals surface area contributed by atoms with E-state index >= 15 is 0 Å². The van der Waals surface area contributed by atoms with Gasteiger partial charge in [0.15, 0.2) is 0 Å². The third kappa shape index (κ3) is 2.71. The number of fused-ring (bicyclic) bond motifs is 1. The van der Waals surface area contributed by atoms with Gasteiger partial charge in [-0.3, -0.25) is 0 Å². The zero-order chi connectivity index (χ0) is 14.4. The number of halogens is 2. The number of hydrogen-bond donors (Lipinski definition) is 0. The molecule has 0 nitrogen and oxygen atoms in total. The number of thiophene rings is 3. The molecule has 1 aromatic carbocycles. The van der Waals surface area contributed by atoms with Crippen molar-refractivity contribution in [3.05, 3.63) is 54.3 Å². The average molecular weight is 550 g/mol. The third-order valence-electron chi connectivity index (χ3n) is 3.21. The fourth-order valence-electron chi connectivity index (χ4n) is 2.33. The molecule has 21 heavy (non-hydrogen) atoms. The van der Waals surface area contributed by atoms with Crippen LogP contribution < -0.4 is 0 Å². The van der Waals surface area contributed by atoms with Crippen molar-refractivity contribution in [1.82, 2.24) is 0 Å². The van der Waals surface area contributed by atoms with Crippen molar-refractivity contribution in [2.45, 2.75) is 0 Å². The maximum absolute atomic E-state index is 2.40. The Morgan fingerprint density at radius 2 is 1.05 bits per heavy atom. The van der Waals surface area contributed by atoms with E-state index in [9.17, 15) is 0 Å². The molecule has 0 atom stereocenters. The third-order valence-corrected chi connectivity index (χ3v) is 8.58. The van der Waals surface area contributed by atoms with Crippen molar-refractivity contribution in [2.75, 3.05) is 0 Å². The molecule has 4 rings (SSSR count). The summed E-state index contributed by atoms with van der Waals surface area (Å²) in [5, 5.41) is 2.75. The first-order valence-electron chi connectivity index (χ1n) is 6.25. The summed E-state index contributed by atoms with van der Waals surface area (Å²) in [6.07, 6.45) is 0. The van der Waals surface area contributed by atoms with E-state index in [4.69, 9.17) is 0 Å². The summed E-state index contributed by atoms with van der Waals surface area (Å²) < 4.78 is 2.68. The van der Waals surface area contributed by atoms with Crippen molar-refractivity contribution in [3.8, 4) is 19.5 Å². The summed E-state index contributed by atoms with van der Waals surface area (Å²) >= 11 is 10.5. The minimum atomic E-state index is 1.34.